The Balaban J connectivity index is 2.35. The van der Waals surface area contributed by atoms with Gasteiger partial charge in [-0.15, -0.1) is 0 Å². The first-order chi connectivity index (χ1) is 6.29. The van der Waals surface area contributed by atoms with Crippen LogP contribution in [0.15, 0.2) is 21.9 Å². The minimum Gasteiger partial charge on any atom is -0.478 e. The van der Waals surface area contributed by atoms with Crippen LogP contribution in [0.1, 0.15) is 0 Å². The number of nitrogens with one attached hydrogen (secondary N) is 1. The zero-order valence-corrected chi connectivity index (χ0v) is 6.48. The predicted molar refractivity (Wildman–Crippen MR) is 43.1 cm³/mol. The maximum atomic E-state index is 10.8. The van der Waals surface area contributed by atoms with Gasteiger partial charge in [0.05, 0.1) is 6.20 Å². The minimum absolute atomic E-state index is 0.0804. The van der Waals surface area contributed by atoms with Crippen molar-refractivity contribution in [2.75, 3.05) is 6.61 Å². The van der Waals surface area contributed by atoms with Gasteiger partial charge < -0.3 is 10.1 Å². The molecule has 0 saturated carbocycles. The Morgan fingerprint density at radius 1 is 1.62 bits per heavy atom. The number of hydrogen-bond acceptors (Lipinski definition) is 5. The van der Waals surface area contributed by atoms with Crippen molar-refractivity contribution in [1.82, 2.24) is 5.32 Å². The fourth-order valence-corrected chi connectivity index (χ4v) is 0.950. The van der Waals surface area contributed by atoms with Crippen LogP contribution in [-0.4, -0.2) is 30.5 Å². The lowest BCUT2D eigenvalue weighted by Crippen LogP contribution is -2.39. The van der Waals surface area contributed by atoms with Gasteiger partial charge in [-0.05, 0) is 0 Å². The molecule has 6 nitrogen and oxygen atoms in total. The second kappa shape index (κ2) is 2.81. The van der Waals surface area contributed by atoms with Crippen molar-refractivity contribution in [3.63, 3.8) is 0 Å². The molecule has 0 saturated heterocycles. The summed E-state index contributed by atoms with van der Waals surface area (Å²) >= 11 is 0. The van der Waals surface area contributed by atoms with E-state index in [0.717, 1.165) is 0 Å². The van der Waals surface area contributed by atoms with Crippen molar-refractivity contribution >= 4 is 23.9 Å². The average Bonchev–Trinajstić information content (AvgIpc) is 2.16. The van der Waals surface area contributed by atoms with Crippen LogP contribution in [0.25, 0.3) is 0 Å². The highest BCUT2D eigenvalue weighted by Gasteiger charge is 2.21. The summed E-state index contributed by atoms with van der Waals surface area (Å²) < 4.78 is 4.98. The standard InChI is InChI=1S/C7H5N3O3/c11-2-5-8-1-4-7(9-5)10-6(12)3-13-4/h1-2H,3H2,(H,8,9,10,12). The van der Waals surface area contributed by atoms with Gasteiger partial charge in [0.25, 0.3) is 5.91 Å². The Morgan fingerprint density at radius 3 is 3.23 bits per heavy atom. The molecular weight excluding hydrogens is 174 g/mol. The number of fused-ring (bicyclic) bond motifs is 1. The number of amides is 1. The first-order valence-electron chi connectivity index (χ1n) is 3.54. The van der Waals surface area contributed by atoms with Crippen LogP contribution in [0.4, 0.5) is 0 Å². The number of carbonyl (C=O) groups excluding carboxylic acids is 2. The van der Waals surface area contributed by atoms with E-state index in [4.69, 9.17) is 4.74 Å². The quantitative estimate of drug-likeness (QED) is 0.522. The van der Waals surface area contributed by atoms with Crippen molar-refractivity contribution in [3.05, 3.63) is 12.0 Å². The summed E-state index contributed by atoms with van der Waals surface area (Å²) in [5.41, 5.74) is 0. The van der Waals surface area contributed by atoms with Gasteiger partial charge in [0, 0.05) is 0 Å². The maximum absolute atomic E-state index is 10.8. The van der Waals surface area contributed by atoms with Crippen LogP contribution < -0.4 is 5.32 Å². The minimum atomic E-state index is -0.383. The van der Waals surface area contributed by atoms with Crippen LogP contribution in [0, 0.1) is 0 Å². The maximum Gasteiger partial charge on any atom is 0.285 e. The molecule has 1 N–H and O–H groups in total. The molecule has 0 aromatic carbocycles. The van der Waals surface area contributed by atoms with E-state index in [1.54, 1.807) is 0 Å². The van der Waals surface area contributed by atoms with Gasteiger partial charge in [-0.1, -0.05) is 0 Å². The van der Waals surface area contributed by atoms with Gasteiger partial charge in [-0.25, -0.2) is 4.99 Å². The molecule has 0 fully saturated rings. The van der Waals surface area contributed by atoms with E-state index in [2.05, 4.69) is 15.3 Å². The molecule has 0 spiro atoms. The number of rotatable bonds is 1. The molecule has 66 valence electrons. The molecule has 0 bridgehead atoms. The fraction of sp³-hybridized carbons (Fsp3) is 0.143. The number of carbonyl (C=O) groups is 2. The average molecular weight is 179 g/mol. The van der Waals surface area contributed by atoms with E-state index < -0.39 is 0 Å². The van der Waals surface area contributed by atoms with Crippen LogP contribution >= 0.6 is 0 Å². The molecule has 0 radical (unpaired) electrons. The number of ether oxygens (including phenoxy) is 1. The summed E-state index contributed by atoms with van der Waals surface area (Å²) in [5.74, 6) is 0.353. The second-order valence-corrected chi connectivity index (χ2v) is 2.39. The van der Waals surface area contributed by atoms with Crippen molar-refractivity contribution < 1.29 is 14.3 Å². The summed E-state index contributed by atoms with van der Waals surface area (Å²) in [6, 6.07) is 0. The third-order valence-corrected chi connectivity index (χ3v) is 1.50. The number of amidine groups is 2. The molecule has 13 heavy (non-hydrogen) atoms. The molecule has 0 unspecified atom stereocenters. The molecule has 2 aliphatic heterocycles. The highest BCUT2D eigenvalue weighted by Crippen LogP contribution is 2.09. The van der Waals surface area contributed by atoms with Gasteiger partial charge in [0.2, 0.25) is 0 Å². The van der Waals surface area contributed by atoms with Gasteiger partial charge >= 0.3 is 0 Å². The fourth-order valence-electron chi connectivity index (χ4n) is 0.950. The smallest absolute Gasteiger partial charge is 0.285 e. The Labute approximate surface area is 73.0 Å². The molecule has 0 aliphatic carbocycles. The van der Waals surface area contributed by atoms with E-state index in [1.807, 2.05) is 0 Å². The molecule has 2 rings (SSSR count). The number of aliphatic imine (C=N–C) groups is 2. The monoisotopic (exact) mass is 179 g/mol. The van der Waals surface area contributed by atoms with Crippen LogP contribution in [0.5, 0.6) is 0 Å². The van der Waals surface area contributed by atoms with Crippen molar-refractivity contribution in [1.29, 1.82) is 0 Å². The number of aldehydes is 1. The van der Waals surface area contributed by atoms with E-state index >= 15 is 0 Å². The normalized spacial score (nSPS) is 20.0. The van der Waals surface area contributed by atoms with E-state index in [0.29, 0.717) is 12.0 Å². The highest BCUT2D eigenvalue weighted by molar-refractivity contribution is 6.34. The first kappa shape index (κ1) is 7.66. The van der Waals surface area contributed by atoms with Crippen LogP contribution in [0.3, 0.4) is 0 Å². The summed E-state index contributed by atoms with van der Waals surface area (Å²) in [6.07, 6.45) is 1.89. The molecular formula is C7H5N3O3. The summed E-state index contributed by atoms with van der Waals surface area (Å²) in [4.78, 5) is 28.5. The van der Waals surface area contributed by atoms with Crippen LogP contribution in [-0.2, 0) is 14.3 Å². The lowest BCUT2D eigenvalue weighted by molar-refractivity contribution is -0.121. The molecule has 0 aromatic rings. The Bertz CT molecular complexity index is 367. The Morgan fingerprint density at radius 2 is 2.46 bits per heavy atom. The lowest BCUT2D eigenvalue weighted by Gasteiger charge is -2.18. The number of hydrogen-bond donors (Lipinski definition) is 1. The van der Waals surface area contributed by atoms with Crippen molar-refractivity contribution in [3.8, 4) is 0 Å². The van der Waals surface area contributed by atoms with E-state index in [9.17, 15) is 9.59 Å². The van der Waals surface area contributed by atoms with Gasteiger partial charge in [-0.3, -0.25) is 9.59 Å². The highest BCUT2D eigenvalue weighted by atomic mass is 16.5. The second-order valence-electron chi connectivity index (χ2n) is 2.39. The number of nitrogens with zero attached hydrogens (tertiary/aromatic N) is 2. The van der Waals surface area contributed by atoms with Crippen molar-refractivity contribution in [2.24, 2.45) is 9.98 Å². The Hall–Kier alpha value is -1.98. The lowest BCUT2D eigenvalue weighted by atomic mass is 10.3. The molecule has 0 aromatic heterocycles. The largest absolute Gasteiger partial charge is 0.478 e. The van der Waals surface area contributed by atoms with Crippen LogP contribution in [0.2, 0.25) is 0 Å². The Kier molecular flexibility index (Phi) is 1.66. The summed E-state index contributed by atoms with van der Waals surface area (Å²) in [5, 5.41) is 2.55. The third kappa shape index (κ3) is 1.33. The summed E-state index contributed by atoms with van der Waals surface area (Å²) in [7, 11) is 0. The molecule has 1 amide bonds. The molecule has 2 heterocycles. The van der Waals surface area contributed by atoms with Gasteiger partial charge in [-0.2, -0.15) is 4.99 Å². The van der Waals surface area contributed by atoms with Gasteiger partial charge in [0.1, 0.15) is 0 Å². The topological polar surface area (TPSA) is 80.1 Å². The SMILES string of the molecule is O=CC1=NC=C2OCC(=O)N=C2N1. The zero-order valence-electron chi connectivity index (χ0n) is 6.48. The molecule has 0 atom stereocenters. The first-order valence-corrected chi connectivity index (χ1v) is 3.54. The van der Waals surface area contributed by atoms with E-state index in [1.165, 1.54) is 6.20 Å². The zero-order chi connectivity index (χ0) is 9.26. The molecule has 2 aliphatic rings. The third-order valence-electron chi connectivity index (χ3n) is 1.50. The predicted octanol–water partition coefficient (Wildman–Crippen LogP) is -1.02. The van der Waals surface area contributed by atoms with Crippen molar-refractivity contribution in [2.45, 2.75) is 0 Å². The van der Waals surface area contributed by atoms with E-state index in [-0.39, 0.29) is 24.2 Å². The van der Waals surface area contributed by atoms with Gasteiger partial charge in [0.15, 0.2) is 30.3 Å². The molecule has 6 heteroatoms. The summed E-state index contributed by atoms with van der Waals surface area (Å²) in [6.45, 7) is -0.0804.